The van der Waals surface area contributed by atoms with Crippen LogP contribution in [-0.4, -0.2) is 48.7 Å². The van der Waals surface area contributed by atoms with Gasteiger partial charge in [0.15, 0.2) is 5.54 Å². The average molecular weight is 295 g/mol. The van der Waals surface area contributed by atoms with Gasteiger partial charge in [-0.2, -0.15) is 13.2 Å². The van der Waals surface area contributed by atoms with Gasteiger partial charge in [0.25, 0.3) is 0 Å². The number of carbonyl (C=O) groups excluding carboxylic acids is 1. The van der Waals surface area contributed by atoms with Crippen molar-refractivity contribution >= 4 is 5.91 Å². The van der Waals surface area contributed by atoms with Crippen molar-refractivity contribution < 1.29 is 18.0 Å². The minimum Gasteiger partial charge on any atom is -0.354 e. The van der Waals surface area contributed by atoms with Crippen molar-refractivity contribution in [3.8, 4) is 0 Å². The van der Waals surface area contributed by atoms with E-state index in [1.54, 1.807) is 0 Å². The number of nitrogens with two attached hydrogens (primary N) is 1. The lowest BCUT2D eigenvalue weighted by atomic mass is 9.99. The number of amides is 1. The van der Waals surface area contributed by atoms with Crippen molar-refractivity contribution in [1.82, 2.24) is 10.2 Å². The van der Waals surface area contributed by atoms with Crippen LogP contribution >= 0.6 is 0 Å². The summed E-state index contributed by atoms with van der Waals surface area (Å²) in [6.45, 7) is 5.96. The van der Waals surface area contributed by atoms with E-state index >= 15 is 0 Å². The summed E-state index contributed by atoms with van der Waals surface area (Å²) in [5, 5.41) is 2.27. The number of carbonyl (C=O) groups is 1. The second-order valence-corrected chi connectivity index (χ2v) is 5.83. The summed E-state index contributed by atoms with van der Waals surface area (Å²) >= 11 is 0. The Labute approximate surface area is 117 Å². The molecule has 0 aliphatic carbocycles. The summed E-state index contributed by atoms with van der Waals surface area (Å²) in [7, 11) is 0. The maximum atomic E-state index is 12.5. The molecule has 1 saturated heterocycles. The highest BCUT2D eigenvalue weighted by Crippen LogP contribution is 2.27. The first-order chi connectivity index (χ1) is 9.14. The Kier molecular flexibility index (Phi) is 5.82. The van der Waals surface area contributed by atoms with Crippen LogP contribution in [0.25, 0.3) is 0 Å². The summed E-state index contributed by atoms with van der Waals surface area (Å²) in [4.78, 5) is 13.7. The molecule has 20 heavy (non-hydrogen) atoms. The number of hydrogen-bond donors (Lipinski definition) is 2. The highest BCUT2D eigenvalue weighted by molar-refractivity contribution is 5.86. The summed E-state index contributed by atoms with van der Waals surface area (Å²) in [6.07, 6.45) is -1.79. The predicted molar refractivity (Wildman–Crippen MR) is 71.1 cm³/mol. The zero-order chi connectivity index (χ0) is 15.4. The first kappa shape index (κ1) is 17.2. The van der Waals surface area contributed by atoms with Crippen LogP contribution in [0.3, 0.4) is 0 Å². The highest BCUT2D eigenvalue weighted by atomic mass is 19.4. The standard InChI is InChI=1S/C13H24F3N3O/c1-10-4-8-19(9-5-10)7-3-6-18-11(20)12(2,17)13(14,15)16/h10H,3-9,17H2,1-2H3,(H,18,20). The van der Waals surface area contributed by atoms with E-state index in [1.807, 2.05) is 0 Å². The van der Waals surface area contributed by atoms with Crippen molar-refractivity contribution in [3.05, 3.63) is 0 Å². The molecule has 0 bridgehead atoms. The molecular weight excluding hydrogens is 271 g/mol. The second-order valence-electron chi connectivity index (χ2n) is 5.83. The molecular formula is C13H24F3N3O. The molecule has 1 unspecified atom stereocenters. The monoisotopic (exact) mass is 295 g/mol. The number of alkyl halides is 3. The molecule has 7 heteroatoms. The van der Waals surface area contributed by atoms with E-state index in [0.29, 0.717) is 13.3 Å². The Balaban J connectivity index is 2.23. The first-order valence-corrected chi connectivity index (χ1v) is 7.01. The van der Waals surface area contributed by atoms with Crippen molar-refractivity contribution in [3.63, 3.8) is 0 Å². The molecule has 1 aliphatic rings. The van der Waals surface area contributed by atoms with Crippen LogP contribution < -0.4 is 11.1 Å². The van der Waals surface area contributed by atoms with Gasteiger partial charge in [-0.05, 0) is 51.7 Å². The normalized spacial score (nSPS) is 21.5. The predicted octanol–water partition coefficient (Wildman–Crippen LogP) is 1.50. The smallest absolute Gasteiger partial charge is 0.354 e. The largest absolute Gasteiger partial charge is 0.415 e. The molecule has 1 amide bonds. The molecule has 4 nitrogen and oxygen atoms in total. The molecule has 1 rings (SSSR count). The minimum atomic E-state index is -4.74. The number of rotatable bonds is 5. The van der Waals surface area contributed by atoms with Crippen molar-refractivity contribution in [1.29, 1.82) is 0 Å². The van der Waals surface area contributed by atoms with Gasteiger partial charge in [0, 0.05) is 6.54 Å². The van der Waals surface area contributed by atoms with Gasteiger partial charge in [0.2, 0.25) is 5.91 Å². The van der Waals surface area contributed by atoms with Crippen molar-refractivity contribution in [2.24, 2.45) is 11.7 Å². The molecule has 0 saturated carbocycles. The molecule has 0 spiro atoms. The minimum absolute atomic E-state index is 0.216. The Morgan fingerprint density at radius 3 is 2.40 bits per heavy atom. The SMILES string of the molecule is CC1CCN(CCCNC(=O)C(C)(N)C(F)(F)F)CC1. The van der Waals surface area contributed by atoms with E-state index in [2.05, 4.69) is 17.1 Å². The van der Waals surface area contributed by atoms with Crippen LogP contribution in [0.15, 0.2) is 0 Å². The van der Waals surface area contributed by atoms with Crippen LogP contribution in [0, 0.1) is 5.92 Å². The molecule has 118 valence electrons. The lowest BCUT2D eigenvalue weighted by Crippen LogP contribution is -2.61. The third-order valence-corrected chi connectivity index (χ3v) is 3.87. The van der Waals surface area contributed by atoms with Gasteiger partial charge in [-0.15, -0.1) is 0 Å². The number of nitrogens with one attached hydrogen (secondary N) is 1. The molecule has 0 aromatic heterocycles. The zero-order valence-electron chi connectivity index (χ0n) is 12.1. The Morgan fingerprint density at radius 1 is 1.35 bits per heavy atom. The van der Waals surface area contributed by atoms with Gasteiger partial charge in [0.05, 0.1) is 0 Å². The third-order valence-electron chi connectivity index (χ3n) is 3.87. The van der Waals surface area contributed by atoms with Crippen LogP contribution in [0.2, 0.25) is 0 Å². The maximum absolute atomic E-state index is 12.5. The Hall–Kier alpha value is -0.820. The van der Waals surface area contributed by atoms with E-state index < -0.39 is 17.6 Å². The fraction of sp³-hybridized carbons (Fsp3) is 0.923. The average Bonchev–Trinajstić information content (AvgIpc) is 2.35. The van der Waals surface area contributed by atoms with Gasteiger partial charge in [-0.25, -0.2) is 0 Å². The fourth-order valence-corrected chi connectivity index (χ4v) is 2.10. The van der Waals surface area contributed by atoms with Crippen molar-refractivity contribution in [2.75, 3.05) is 26.2 Å². The quantitative estimate of drug-likeness (QED) is 0.756. The summed E-state index contributed by atoms with van der Waals surface area (Å²) < 4.78 is 37.6. The van der Waals surface area contributed by atoms with Gasteiger partial charge in [-0.3, -0.25) is 4.79 Å². The topological polar surface area (TPSA) is 58.4 Å². The van der Waals surface area contributed by atoms with Crippen LogP contribution in [0.4, 0.5) is 13.2 Å². The molecule has 1 fully saturated rings. The Morgan fingerprint density at radius 2 is 1.90 bits per heavy atom. The van der Waals surface area contributed by atoms with Crippen LogP contribution in [0.5, 0.6) is 0 Å². The number of likely N-dealkylation sites (tertiary alicyclic amines) is 1. The number of halogens is 3. The molecule has 0 aromatic carbocycles. The first-order valence-electron chi connectivity index (χ1n) is 7.01. The van der Waals surface area contributed by atoms with E-state index in [0.717, 1.165) is 38.4 Å². The van der Waals surface area contributed by atoms with E-state index in [4.69, 9.17) is 5.73 Å². The molecule has 0 radical (unpaired) electrons. The molecule has 1 heterocycles. The number of hydrogen-bond acceptors (Lipinski definition) is 3. The fourth-order valence-electron chi connectivity index (χ4n) is 2.10. The van der Waals surface area contributed by atoms with Crippen molar-refractivity contribution in [2.45, 2.75) is 44.8 Å². The lowest BCUT2D eigenvalue weighted by molar-refractivity contribution is -0.187. The van der Waals surface area contributed by atoms with E-state index in [-0.39, 0.29) is 6.54 Å². The summed E-state index contributed by atoms with van der Waals surface area (Å²) in [6, 6.07) is 0. The van der Waals surface area contributed by atoms with Gasteiger partial charge in [-0.1, -0.05) is 6.92 Å². The Bertz CT molecular complexity index is 323. The second kappa shape index (κ2) is 6.76. The van der Waals surface area contributed by atoms with Gasteiger partial charge in [0.1, 0.15) is 0 Å². The summed E-state index contributed by atoms with van der Waals surface area (Å²) in [5.41, 5.74) is 2.20. The molecule has 1 atom stereocenters. The van der Waals surface area contributed by atoms with E-state index in [9.17, 15) is 18.0 Å². The highest BCUT2D eigenvalue weighted by Gasteiger charge is 2.53. The number of nitrogens with zero attached hydrogens (tertiary/aromatic N) is 1. The lowest BCUT2D eigenvalue weighted by Gasteiger charge is -2.30. The molecule has 1 aliphatic heterocycles. The summed E-state index contributed by atoms with van der Waals surface area (Å²) in [5.74, 6) is -0.423. The van der Waals surface area contributed by atoms with Crippen LogP contribution in [0.1, 0.15) is 33.1 Å². The maximum Gasteiger partial charge on any atom is 0.415 e. The van der Waals surface area contributed by atoms with E-state index in [1.165, 1.54) is 0 Å². The van der Waals surface area contributed by atoms with Gasteiger partial charge < -0.3 is 16.0 Å². The number of piperidine rings is 1. The zero-order valence-corrected chi connectivity index (χ0v) is 12.1. The third kappa shape index (κ3) is 4.63. The van der Waals surface area contributed by atoms with Crippen LogP contribution in [-0.2, 0) is 4.79 Å². The van der Waals surface area contributed by atoms with Gasteiger partial charge >= 0.3 is 6.18 Å². The molecule has 0 aromatic rings. The molecule has 3 N–H and O–H groups in total.